The average molecular weight is 245 g/mol. The van der Waals surface area contributed by atoms with Gasteiger partial charge in [0.25, 0.3) is 0 Å². The third-order valence-electron chi connectivity index (χ3n) is 3.05. The number of rotatable bonds is 8. The highest BCUT2D eigenvalue weighted by Gasteiger charge is 2.08. The molecule has 3 nitrogen and oxygen atoms in total. The van der Waals surface area contributed by atoms with Crippen molar-refractivity contribution in [1.29, 1.82) is 5.26 Å². The fraction of sp³-hybridized carbons (Fsp3) is 0.600. The summed E-state index contributed by atoms with van der Waals surface area (Å²) in [6.45, 7) is 7.48. The van der Waals surface area contributed by atoms with Crippen LogP contribution in [0.3, 0.4) is 0 Å². The lowest BCUT2D eigenvalue weighted by molar-refractivity contribution is 0.256. The molecule has 0 aromatic carbocycles. The summed E-state index contributed by atoms with van der Waals surface area (Å²) in [4.78, 5) is 6.56. The van der Waals surface area contributed by atoms with Crippen LogP contribution in [0.5, 0.6) is 0 Å². The predicted molar refractivity (Wildman–Crippen MR) is 74.0 cm³/mol. The van der Waals surface area contributed by atoms with Crippen LogP contribution in [0.4, 0.5) is 0 Å². The van der Waals surface area contributed by atoms with E-state index in [2.05, 4.69) is 29.8 Å². The maximum atomic E-state index is 9.05. The zero-order valence-electron chi connectivity index (χ0n) is 11.5. The highest BCUT2D eigenvalue weighted by Crippen LogP contribution is 2.10. The van der Waals surface area contributed by atoms with Crippen molar-refractivity contribution in [3.63, 3.8) is 0 Å². The zero-order chi connectivity index (χ0) is 13.2. The minimum atomic E-state index is 0.565. The second-order valence-electron chi connectivity index (χ2n) is 4.61. The first kappa shape index (κ1) is 14.7. The molecule has 0 fully saturated rings. The molecule has 0 atom stereocenters. The molecule has 0 bridgehead atoms. The zero-order valence-corrected chi connectivity index (χ0v) is 11.5. The molecular formula is C15H23N3. The Bertz CT molecular complexity index is 374. The van der Waals surface area contributed by atoms with Crippen molar-refractivity contribution in [2.45, 2.75) is 46.1 Å². The van der Waals surface area contributed by atoms with E-state index in [9.17, 15) is 0 Å². The normalized spacial score (nSPS) is 10.6. The Morgan fingerprint density at radius 3 is 2.44 bits per heavy atom. The lowest BCUT2D eigenvalue weighted by Crippen LogP contribution is -2.26. The van der Waals surface area contributed by atoms with E-state index in [-0.39, 0.29) is 0 Å². The SMILES string of the molecule is CCCCN(CCCC)Cc1cccnc1C#N. The van der Waals surface area contributed by atoms with Crippen LogP contribution in [-0.4, -0.2) is 23.0 Å². The maximum absolute atomic E-state index is 9.05. The Hall–Kier alpha value is -1.40. The molecule has 0 unspecified atom stereocenters. The molecule has 18 heavy (non-hydrogen) atoms. The highest BCUT2D eigenvalue weighted by atomic mass is 15.1. The van der Waals surface area contributed by atoms with Crippen molar-refractivity contribution in [2.75, 3.05) is 13.1 Å². The van der Waals surface area contributed by atoms with Gasteiger partial charge in [-0.2, -0.15) is 5.26 Å². The highest BCUT2D eigenvalue weighted by molar-refractivity contribution is 5.30. The van der Waals surface area contributed by atoms with Gasteiger partial charge in [-0.05, 0) is 32.0 Å². The van der Waals surface area contributed by atoms with Crippen LogP contribution in [0.25, 0.3) is 0 Å². The standard InChI is InChI=1S/C15H23N3/c1-3-5-10-18(11-6-4-2)13-14-8-7-9-17-15(14)12-16/h7-9H,3-6,10-11,13H2,1-2H3. The van der Waals surface area contributed by atoms with E-state index in [1.165, 1.54) is 25.7 Å². The van der Waals surface area contributed by atoms with Gasteiger partial charge in [-0.25, -0.2) is 4.98 Å². The summed E-state index contributed by atoms with van der Waals surface area (Å²) in [7, 11) is 0. The summed E-state index contributed by atoms with van der Waals surface area (Å²) in [5.41, 5.74) is 1.61. The second kappa shape index (κ2) is 8.66. The van der Waals surface area contributed by atoms with Crippen molar-refractivity contribution in [1.82, 2.24) is 9.88 Å². The molecule has 0 saturated heterocycles. The summed E-state index contributed by atoms with van der Waals surface area (Å²) >= 11 is 0. The van der Waals surface area contributed by atoms with Crippen LogP contribution in [0, 0.1) is 11.3 Å². The molecule has 98 valence electrons. The first-order valence-corrected chi connectivity index (χ1v) is 6.88. The minimum absolute atomic E-state index is 0.565. The van der Waals surface area contributed by atoms with Crippen LogP contribution >= 0.6 is 0 Å². The van der Waals surface area contributed by atoms with E-state index >= 15 is 0 Å². The summed E-state index contributed by atoms with van der Waals surface area (Å²) < 4.78 is 0. The van der Waals surface area contributed by atoms with Crippen molar-refractivity contribution in [3.8, 4) is 6.07 Å². The van der Waals surface area contributed by atoms with Crippen molar-refractivity contribution >= 4 is 0 Å². The van der Waals surface area contributed by atoms with Crippen molar-refractivity contribution < 1.29 is 0 Å². The lowest BCUT2D eigenvalue weighted by atomic mass is 10.1. The number of pyridine rings is 1. The number of nitrogens with zero attached hydrogens (tertiary/aromatic N) is 3. The molecule has 0 amide bonds. The lowest BCUT2D eigenvalue weighted by Gasteiger charge is -2.22. The number of hydrogen-bond donors (Lipinski definition) is 0. The van der Waals surface area contributed by atoms with Gasteiger partial charge in [0.05, 0.1) is 0 Å². The van der Waals surface area contributed by atoms with Gasteiger partial charge in [0.15, 0.2) is 0 Å². The van der Waals surface area contributed by atoms with Gasteiger partial charge in [-0.3, -0.25) is 4.90 Å². The van der Waals surface area contributed by atoms with Gasteiger partial charge >= 0.3 is 0 Å². The van der Waals surface area contributed by atoms with Gasteiger partial charge in [0, 0.05) is 18.3 Å². The molecule has 0 aliphatic heterocycles. The second-order valence-corrected chi connectivity index (χ2v) is 4.61. The van der Waals surface area contributed by atoms with E-state index in [0.717, 1.165) is 25.2 Å². The van der Waals surface area contributed by atoms with Crippen LogP contribution in [0.2, 0.25) is 0 Å². The third kappa shape index (κ3) is 4.85. The minimum Gasteiger partial charge on any atom is -0.299 e. The molecular weight excluding hydrogens is 222 g/mol. The summed E-state index contributed by atoms with van der Waals surface area (Å²) in [5.74, 6) is 0. The van der Waals surface area contributed by atoms with Crippen molar-refractivity contribution in [3.05, 3.63) is 29.6 Å². The molecule has 0 aliphatic carbocycles. The largest absolute Gasteiger partial charge is 0.299 e. The number of hydrogen-bond acceptors (Lipinski definition) is 3. The summed E-state index contributed by atoms with van der Waals surface area (Å²) in [6, 6.07) is 6.10. The van der Waals surface area contributed by atoms with E-state index in [4.69, 9.17) is 5.26 Å². The average Bonchev–Trinajstić information content (AvgIpc) is 2.42. The molecule has 0 radical (unpaired) electrons. The Morgan fingerprint density at radius 1 is 1.22 bits per heavy atom. The number of unbranched alkanes of at least 4 members (excludes halogenated alkanes) is 2. The monoisotopic (exact) mass is 245 g/mol. The quantitative estimate of drug-likeness (QED) is 0.705. The van der Waals surface area contributed by atoms with E-state index in [0.29, 0.717) is 5.69 Å². The van der Waals surface area contributed by atoms with Gasteiger partial charge in [0.2, 0.25) is 0 Å². The molecule has 0 saturated carbocycles. The topological polar surface area (TPSA) is 39.9 Å². The molecule has 1 rings (SSSR count). The molecule has 0 spiro atoms. The number of aromatic nitrogens is 1. The van der Waals surface area contributed by atoms with Gasteiger partial charge in [-0.1, -0.05) is 32.8 Å². The van der Waals surface area contributed by atoms with Crippen LogP contribution < -0.4 is 0 Å². The van der Waals surface area contributed by atoms with Crippen LogP contribution in [0.15, 0.2) is 18.3 Å². The van der Waals surface area contributed by atoms with Crippen LogP contribution in [-0.2, 0) is 6.54 Å². The van der Waals surface area contributed by atoms with E-state index < -0.39 is 0 Å². The molecule has 0 N–H and O–H groups in total. The Balaban J connectivity index is 2.66. The van der Waals surface area contributed by atoms with Gasteiger partial charge < -0.3 is 0 Å². The Morgan fingerprint density at radius 2 is 1.89 bits per heavy atom. The fourth-order valence-electron chi connectivity index (χ4n) is 1.94. The molecule has 1 heterocycles. The molecule has 3 heteroatoms. The fourth-order valence-corrected chi connectivity index (χ4v) is 1.94. The Kier molecular flexibility index (Phi) is 7.05. The van der Waals surface area contributed by atoms with Crippen molar-refractivity contribution in [2.24, 2.45) is 0 Å². The van der Waals surface area contributed by atoms with E-state index in [1.807, 2.05) is 12.1 Å². The number of nitriles is 1. The first-order valence-electron chi connectivity index (χ1n) is 6.88. The first-order chi connectivity index (χ1) is 8.81. The molecule has 0 aliphatic rings. The predicted octanol–water partition coefficient (Wildman–Crippen LogP) is 3.36. The summed E-state index contributed by atoms with van der Waals surface area (Å²) in [6.07, 6.45) is 6.53. The smallest absolute Gasteiger partial charge is 0.144 e. The molecule has 1 aromatic rings. The summed E-state index contributed by atoms with van der Waals surface area (Å²) in [5, 5.41) is 9.05. The molecule has 1 aromatic heterocycles. The van der Waals surface area contributed by atoms with E-state index in [1.54, 1.807) is 6.20 Å². The van der Waals surface area contributed by atoms with Gasteiger partial charge in [-0.15, -0.1) is 0 Å². The maximum Gasteiger partial charge on any atom is 0.144 e. The van der Waals surface area contributed by atoms with Gasteiger partial charge in [0.1, 0.15) is 11.8 Å². The third-order valence-corrected chi connectivity index (χ3v) is 3.05. The van der Waals surface area contributed by atoms with Crippen LogP contribution in [0.1, 0.15) is 50.8 Å². The Labute approximate surface area is 110 Å².